The normalized spacial score (nSPS) is 10.8. The Morgan fingerprint density at radius 1 is 1.16 bits per heavy atom. The summed E-state index contributed by atoms with van der Waals surface area (Å²) in [6.45, 7) is 3.26. The third-order valence-corrected chi connectivity index (χ3v) is 3.80. The molecule has 0 amide bonds. The van der Waals surface area contributed by atoms with E-state index in [0.29, 0.717) is 31.0 Å². The third kappa shape index (κ3) is 6.53. The van der Waals surface area contributed by atoms with Gasteiger partial charge >= 0.3 is 0 Å². The molecule has 0 aliphatic rings. The number of hydrogen-bond acceptors (Lipinski definition) is 2. The quantitative estimate of drug-likeness (QED) is 0.396. The molecule has 0 bridgehead atoms. The molecule has 0 unspecified atom stereocenters. The van der Waals surface area contributed by atoms with Gasteiger partial charge in [-0.2, -0.15) is 0 Å². The molecule has 0 spiro atoms. The number of nitrogens with zero attached hydrogens (tertiary/aromatic N) is 1. The summed E-state index contributed by atoms with van der Waals surface area (Å²) in [5, 5.41) is 6.44. The van der Waals surface area contributed by atoms with Gasteiger partial charge in [-0.05, 0) is 42.2 Å². The number of nitrogens with one attached hydrogen (secondary N) is 2. The van der Waals surface area contributed by atoms with Crippen LogP contribution in [0.15, 0.2) is 47.5 Å². The minimum Gasteiger partial charge on any atom is -0.496 e. The van der Waals surface area contributed by atoms with E-state index >= 15 is 0 Å². The second-order valence-corrected chi connectivity index (χ2v) is 5.50. The Bertz CT molecular complexity index is 707. The maximum Gasteiger partial charge on any atom is 0.191 e. The van der Waals surface area contributed by atoms with Crippen LogP contribution in [0.2, 0.25) is 0 Å². The van der Waals surface area contributed by atoms with Crippen molar-refractivity contribution >= 4 is 29.9 Å². The van der Waals surface area contributed by atoms with Gasteiger partial charge in [-0.3, -0.25) is 4.99 Å². The first-order chi connectivity index (χ1) is 11.6. The predicted octanol–water partition coefficient (Wildman–Crippen LogP) is 3.67. The molecule has 0 aliphatic carbocycles. The SMILES string of the molecule is CN=C(NCCc1ccccc1F)NCc1ccc(C)c(OC)c1.I. The van der Waals surface area contributed by atoms with Crippen molar-refractivity contribution in [3.63, 3.8) is 0 Å². The van der Waals surface area contributed by atoms with Crippen molar-refractivity contribution in [1.82, 2.24) is 10.6 Å². The van der Waals surface area contributed by atoms with Crippen LogP contribution in [0.25, 0.3) is 0 Å². The summed E-state index contributed by atoms with van der Waals surface area (Å²) in [5.74, 6) is 1.39. The number of rotatable bonds is 6. The van der Waals surface area contributed by atoms with Crippen molar-refractivity contribution in [3.8, 4) is 5.75 Å². The smallest absolute Gasteiger partial charge is 0.191 e. The van der Waals surface area contributed by atoms with Gasteiger partial charge in [0.25, 0.3) is 0 Å². The predicted molar refractivity (Wildman–Crippen MR) is 111 cm³/mol. The number of hydrogen-bond donors (Lipinski definition) is 2. The van der Waals surface area contributed by atoms with Crippen LogP contribution >= 0.6 is 24.0 Å². The molecule has 0 aliphatic heterocycles. The fourth-order valence-corrected chi connectivity index (χ4v) is 2.40. The molecule has 0 heterocycles. The molecule has 0 radical (unpaired) electrons. The minimum absolute atomic E-state index is 0. The zero-order valence-corrected chi connectivity index (χ0v) is 17.1. The zero-order chi connectivity index (χ0) is 17.4. The zero-order valence-electron chi connectivity index (χ0n) is 14.8. The number of guanidine groups is 1. The summed E-state index contributed by atoms with van der Waals surface area (Å²) >= 11 is 0. The standard InChI is InChI=1S/C19H24FN3O.HI/c1-14-8-9-15(12-18(14)24-3)13-23-19(21-2)22-11-10-16-6-4-5-7-17(16)20;/h4-9,12H,10-11,13H2,1-3H3,(H2,21,22,23);1H. The largest absolute Gasteiger partial charge is 0.496 e. The molecule has 2 N–H and O–H groups in total. The summed E-state index contributed by atoms with van der Waals surface area (Å²) in [6.07, 6.45) is 0.603. The van der Waals surface area contributed by atoms with E-state index in [4.69, 9.17) is 4.74 Å². The summed E-state index contributed by atoms with van der Waals surface area (Å²) in [5.41, 5.74) is 2.91. The van der Waals surface area contributed by atoms with E-state index in [2.05, 4.69) is 21.7 Å². The number of benzene rings is 2. The molecule has 25 heavy (non-hydrogen) atoms. The second-order valence-electron chi connectivity index (χ2n) is 5.50. The summed E-state index contributed by atoms with van der Waals surface area (Å²) < 4.78 is 18.9. The van der Waals surface area contributed by atoms with Crippen molar-refractivity contribution in [1.29, 1.82) is 0 Å². The molecule has 136 valence electrons. The van der Waals surface area contributed by atoms with E-state index in [-0.39, 0.29) is 29.8 Å². The molecule has 4 nitrogen and oxygen atoms in total. The van der Waals surface area contributed by atoms with Crippen LogP contribution in [0.5, 0.6) is 5.75 Å². The van der Waals surface area contributed by atoms with Crippen LogP contribution in [0.3, 0.4) is 0 Å². The molecule has 0 atom stereocenters. The average molecular weight is 457 g/mol. The van der Waals surface area contributed by atoms with Gasteiger partial charge in [0.05, 0.1) is 7.11 Å². The lowest BCUT2D eigenvalue weighted by Crippen LogP contribution is -2.37. The van der Waals surface area contributed by atoms with Gasteiger partial charge < -0.3 is 15.4 Å². The van der Waals surface area contributed by atoms with Gasteiger partial charge in [-0.25, -0.2) is 4.39 Å². The maximum atomic E-state index is 13.6. The molecule has 0 aromatic heterocycles. The highest BCUT2D eigenvalue weighted by atomic mass is 127. The highest BCUT2D eigenvalue weighted by Gasteiger charge is 2.04. The Labute approximate surface area is 165 Å². The van der Waals surface area contributed by atoms with Crippen molar-refractivity contribution < 1.29 is 9.13 Å². The number of methoxy groups -OCH3 is 1. The molecule has 0 saturated carbocycles. The molecule has 6 heteroatoms. The lowest BCUT2D eigenvalue weighted by Gasteiger charge is -2.13. The first-order valence-corrected chi connectivity index (χ1v) is 7.95. The van der Waals surface area contributed by atoms with E-state index < -0.39 is 0 Å². The molecule has 0 saturated heterocycles. The van der Waals surface area contributed by atoms with Gasteiger partial charge in [0.1, 0.15) is 11.6 Å². The van der Waals surface area contributed by atoms with Crippen LogP contribution in [0, 0.1) is 12.7 Å². The van der Waals surface area contributed by atoms with Crippen LogP contribution in [0.1, 0.15) is 16.7 Å². The summed E-state index contributed by atoms with van der Waals surface area (Å²) in [7, 11) is 3.39. The minimum atomic E-state index is -0.172. The molecule has 2 aromatic carbocycles. The lowest BCUT2D eigenvalue weighted by molar-refractivity contribution is 0.411. The Balaban J connectivity index is 0.00000312. The fraction of sp³-hybridized carbons (Fsp3) is 0.316. The third-order valence-electron chi connectivity index (χ3n) is 3.80. The van der Waals surface area contributed by atoms with E-state index in [0.717, 1.165) is 16.9 Å². The summed E-state index contributed by atoms with van der Waals surface area (Å²) in [6, 6.07) is 12.9. The molecular weight excluding hydrogens is 432 g/mol. The average Bonchev–Trinajstić information content (AvgIpc) is 2.60. The van der Waals surface area contributed by atoms with Gasteiger partial charge in [-0.15, -0.1) is 24.0 Å². The topological polar surface area (TPSA) is 45.7 Å². The maximum absolute atomic E-state index is 13.6. The van der Waals surface area contributed by atoms with E-state index in [1.165, 1.54) is 6.07 Å². The van der Waals surface area contributed by atoms with Crippen LogP contribution in [-0.4, -0.2) is 26.7 Å². The Morgan fingerprint density at radius 3 is 2.60 bits per heavy atom. The number of halogens is 2. The van der Waals surface area contributed by atoms with Crippen molar-refractivity contribution in [3.05, 3.63) is 65.0 Å². The number of aryl methyl sites for hydroxylation is 1. The highest BCUT2D eigenvalue weighted by molar-refractivity contribution is 14.0. The van der Waals surface area contributed by atoms with Gasteiger partial charge in [0.2, 0.25) is 0 Å². The molecule has 2 rings (SSSR count). The highest BCUT2D eigenvalue weighted by Crippen LogP contribution is 2.18. The summed E-state index contributed by atoms with van der Waals surface area (Å²) in [4.78, 5) is 4.19. The lowest BCUT2D eigenvalue weighted by atomic mass is 10.1. The molecule has 0 fully saturated rings. The van der Waals surface area contributed by atoms with Gasteiger partial charge in [0.15, 0.2) is 5.96 Å². The van der Waals surface area contributed by atoms with E-state index in [1.54, 1.807) is 26.3 Å². The second kappa shape index (κ2) is 10.9. The van der Waals surface area contributed by atoms with E-state index in [1.807, 2.05) is 25.1 Å². The van der Waals surface area contributed by atoms with Gasteiger partial charge in [0, 0.05) is 20.1 Å². The first kappa shape index (κ1) is 21.2. The van der Waals surface area contributed by atoms with Gasteiger partial charge in [-0.1, -0.05) is 30.3 Å². The van der Waals surface area contributed by atoms with Crippen LogP contribution in [0.4, 0.5) is 4.39 Å². The molecular formula is C19H25FIN3O. The Hall–Kier alpha value is -1.83. The number of aliphatic imine (C=N–C) groups is 1. The molecule has 2 aromatic rings. The monoisotopic (exact) mass is 457 g/mol. The van der Waals surface area contributed by atoms with Crippen LogP contribution < -0.4 is 15.4 Å². The first-order valence-electron chi connectivity index (χ1n) is 7.95. The van der Waals surface area contributed by atoms with Crippen molar-refractivity contribution in [2.75, 3.05) is 20.7 Å². The number of ether oxygens (including phenoxy) is 1. The van der Waals surface area contributed by atoms with Crippen molar-refractivity contribution in [2.24, 2.45) is 4.99 Å². The Kier molecular flexibility index (Phi) is 9.26. The van der Waals surface area contributed by atoms with E-state index in [9.17, 15) is 4.39 Å². The Morgan fingerprint density at radius 2 is 1.92 bits per heavy atom. The van der Waals surface area contributed by atoms with Crippen molar-refractivity contribution in [2.45, 2.75) is 19.9 Å². The van der Waals surface area contributed by atoms with Crippen LogP contribution in [-0.2, 0) is 13.0 Å². The fourth-order valence-electron chi connectivity index (χ4n) is 2.40.